The zero-order chi connectivity index (χ0) is 15.2. The van der Waals surface area contributed by atoms with E-state index in [9.17, 15) is 22.8 Å². The summed E-state index contributed by atoms with van der Waals surface area (Å²) in [7, 11) is 0. The van der Waals surface area contributed by atoms with E-state index in [0.717, 1.165) is 12.1 Å². The van der Waals surface area contributed by atoms with E-state index in [1.807, 2.05) is 5.32 Å². The van der Waals surface area contributed by atoms with Crippen LogP contribution in [0.3, 0.4) is 0 Å². The number of hydrogen-bond acceptors (Lipinski definition) is 3. The number of amides is 2. The summed E-state index contributed by atoms with van der Waals surface area (Å²) in [6.45, 7) is -2.95. The molecule has 110 valence electrons. The molecule has 1 aromatic rings. The summed E-state index contributed by atoms with van der Waals surface area (Å²) >= 11 is 0. The first-order valence-electron chi connectivity index (χ1n) is 5.63. The van der Waals surface area contributed by atoms with Gasteiger partial charge in [0.2, 0.25) is 5.91 Å². The van der Waals surface area contributed by atoms with Gasteiger partial charge in [-0.25, -0.2) is 13.2 Å². The van der Waals surface area contributed by atoms with Gasteiger partial charge in [-0.1, -0.05) is 6.07 Å². The first-order valence-corrected chi connectivity index (χ1v) is 5.63. The van der Waals surface area contributed by atoms with Crippen LogP contribution < -0.4 is 10.6 Å². The van der Waals surface area contributed by atoms with E-state index in [4.69, 9.17) is 5.11 Å². The molecule has 0 spiro atoms. The van der Waals surface area contributed by atoms with Crippen LogP contribution in [-0.4, -0.2) is 42.5 Å². The van der Waals surface area contributed by atoms with Gasteiger partial charge in [-0.2, -0.15) is 0 Å². The molecule has 0 aliphatic heterocycles. The van der Waals surface area contributed by atoms with E-state index in [2.05, 4.69) is 5.32 Å². The molecule has 0 aliphatic carbocycles. The Morgan fingerprint density at radius 1 is 1.25 bits per heavy atom. The van der Waals surface area contributed by atoms with Gasteiger partial charge in [0.1, 0.15) is 12.4 Å². The summed E-state index contributed by atoms with van der Waals surface area (Å²) in [5, 5.41) is 12.3. The van der Waals surface area contributed by atoms with Crippen molar-refractivity contribution in [1.29, 1.82) is 0 Å². The standard InChI is InChI=1S/C12H13F3N2O3/c13-9-3-1-2-8(4-9)11(20)16-5-10(19)17-6-12(14,15)7-18/h1-4,18H,5-7H2,(H,16,20)(H,17,19). The summed E-state index contributed by atoms with van der Waals surface area (Å²) < 4.78 is 38.1. The zero-order valence-electron chi connectivity index (χ0n) is 10.3. The summed E-state index contributed by atoms with van der Waals surface area (Å²) in [6, 6.07) is 4.80. The lowest BCUT2D eigenvalue weighted by molar-refractivity contribution is -0.123. The first kappa shape index (κ1) is 16.0. The van der Waals surface area contributed by atoms with E-state index in [-0.39, 0.29) is 5.56 Å². The van der Waals surface area contributed by atoms with Crippen molar-refractivity contribution in [3.8, 4) is 0 Å². The quantitative estimate of drug-likeness (QED) is 0.705. The molecule has 0 radical (unpaired) electrons. The highest BCUT2D eigenvalue weighted by atomic mass is 19.3. The molecular formula is C12H13F3N2O3. The van der Waals surface area contributed by atoms with Gasteiger partial charge in [-0.3, -0.25) is 9.59 Å². The van der Waals surface area contributed by atoms with Crippen LogP contribution in [0.4, 0.5) is 13.2 Å². The molecular weight excluding hydrogens is 277 g/mol. The zero-order valence-corrected chi connectivity index (χ0v) is 10.3. The molecule has 1 rings (SSSR count). The Balaban J connectivity index is 2.40. The lowest BCUT2D eigenvalue weighted by Gasteiger charge is -2.14. The van der Waals surface area contributed by atoms with Crippen molar-refractivity contribution in [2.24, 2.45) is 0 Å². The van der Waals surface area contributed by atoms with Crippen LogP contribution in [0.2, 0.25) is 0 Å². The molecule has 1 aromatic carbocycles. The molecule has 2 amide bonds. The Labute approximate surface area is 112 Å². The summed E-state index contributed by atoms with van der Waals surface area (Å²) in [5.41, 5.74) is 0.0125. The Bertz CT molecular complexity index is 495. The number of carbonyl (C=O) groups is 2. The van der Waals surface area contributed by atoms with Crippen LogP contribution in [0.25, 0.3) is 0 Å². The SMILES string of the molecule is O=C(CNC(=O)c1cccc(F)c1)NCC(F)(F)CO. The molecule has 0 atom stereocenters. The van der Waals surface area contributed by atoms with E-state index in [0.29, 0.717) is 0 Å². The van der Waals surface area contributed by atoms with E-state index < -0.39 is 43.3 Å². The smallest absolute Gasteiger partial charge is 0.287 e. The van der Waals surface area contributed by atoms with Crippen LogP contribution in [0.1, 0.15) is 10.4 Å². The van der Waals surface area contributed by atoms with Crippen LogP contribution in [0.5, 0.6) is 0 Å². The molecule has 0 unspecified atom stereocenters. The summed E-state index contributed by atoms with van der Waals surface area (Å²) in [5.74, 6) is -5.57. The van der Waals surface area contributed by atoms with Gasteiger partial charge in [0.05, 0.1) is 13.1 Å². The second kappa shape index (κ2) is 6.90. The minimum atomic E-state index is -3.41. The van der Waals surface area contributed by atoms with Crippen molar-refractivity contribution in [3.63, 3.8) is 0 Å². The summed E-state index contributed by atoms with van der Waals surface area (Å²) in [6.07, 6.45) is 0. The Morgan fingerprint density at radius 2 is 1.95 bits per heavy atom. The maximum absolute atomic E-state index is 12.9. The van der Waals surface area contributed by atoms with Crippen molar-refractivity contribution in [2.75, 3.05) is 19.7 Å². The molecule has 0 bridgehead atoms. The van der Waals surface area contributed by atoms with Gasteiger partial charge in [0.25, 0.3) is 11.8 Å². The van der Waals surface area contributed by atoms with E-state index in [1.54, 1.807) is 0 Å². The topological polar surface area (TPSA) is 78.4 Å². The minimum absolute atomic E-state index is 0.0125. The number of rotatable bonds is 6. The fourth-order valence-corrected chi connectivity index (χ4v) is 1.24. The Hall–Kier alpha value is -2.09. The highest BCUT2D eigenvalue weighted by Crippen LogP contribution is 2.09. The maximum Gasteiger partial charge on any atom is 0.287 e. The van der Waals surface area contributed by atoms with Crippen molar-refractivity contribution < 1.29 is 27.9 Å². The second-order valence-corrected chi connectivity index (χ2v) is 3.98. The molecule has 0 fully saturated rings. The molecule has 0 heterocycles. The number of alkyl halides is 2. The van der Waals surface area contributed by atoms with Gasteiger partial charge in [0, 0.05) is 5.56 Å². The number of benzene rings is 1. The highest BCUT2D eigenvalue weighted by molar-refractivity contribution is 5.96. The molecule has 3 N–H and O–H groups in total. The van der Waals surface area contributed by atoms with Crippen molar-refractivity contribution in [3.05, 3.63) is 35.6 Å². The molecule has 0 saturated heterocycles. The van der Waals surface area contributed by atoms with Crippen LogP contribution in [0, 0.1) is 5.82 Å². The third-order valence-electron chi connectivity index (χ3n) is 2.27. The van der Waals surface area contributed by atoms with Gasteiger partial charge in [-0.05, 0) is 18.2 Å². The molecule has 0 aliphatic rings. The largest absolute Gasteiger partial charge is 0.390 e. The van der Waals surface area contributed by atoms with E-state index in [1.165, 1.54) is 12.1 Å². The average molecular weight is 290 g/mol. The average Bonchev–Trinajstić information content (AvgIpc) is 2.42. The first-order chi connectivity index (χ1) is 9.34. The number of hydrogen-bond donors (Lipinski definition) is 3. The fraction of sp³-hybridized carbons (Fsp3) is 0.333. The van der Waals surface area contributed by atoms with E-state index >= 15 is 0 Å². The summed E-state index contributed by atoms with van der Waals surface area (Å²) in [4.78, 5) is 22.7. The van der Waals surface area contributed by atoms with Gasteiger partial charge in [-0.15, -0.1) is 0 Å². The third-order valence-corrected chi connectivity index (χ3v) is 2.27. The molecule has 0 saturated carbocycles. The molecule has 20 heavy (non-hydrogen) atoms. The monoisotopic (exact) mass is 290 g/mol. The maximum atomic E-state index is 12.9. The molecule has 8 heteroatoms. The Kier molecular flexibility index (Phi) is 5.51. The van der Waals surface area contributed by atoms with Crippen LogP contribution in [-0.2, 0) is 4.79 Å². The number of halogens is 3. The lowest BCUT2D eigenvalue weighted by atomic mass is 10.2. The number of aliphatic hydroxyl groups excluding tert-OH is 1. The predicted octanol–water partition coefficient (Wildman–Crippen LogP) is 0.299. The lowest BCUT2D eigenvalue weighted by Crippen LogP contribution is -2.43. The van der Waals surface area contributed by atoms with Crippen LogP contribution in [0.15, 0.2) is 24.3 Å². The normalized spacial score (nSPS) is 11.0. The fourth-order valence-electron chi connectivity index (χ4n) is 1.24. The number of nitrogens with one attached hydrogen (secondary N) is 2. The van der Waals surface area contributed by atoms with Crippen molar-refractivity contribution in [1.82, 2.24) is 10.6 Å². The number of carbonyl (C=O) groups excluding carboxylic acids is 2. The predicted molar refractivity (Wildman–Crippen MR) is 63.8 cm³/mol. The molecule has 5 nitrogen and oxygen atoms in total. The number of aliphatic hydroxyl groups is 1. The van der Waals surface area contributed by atoms with Crippen molar-refractivity contribution >= 4 is 11.8 Å². The molecule has 0 aromatic heterocycles. The van der Waals surface area contributed by atoms with Gasteiger partial charge in [0.15, 0.2) is 0 Å². The van der Waals surface area contributed by atoms with Crippen LogP contribution >= 0.6 is 0 Å². The van der Waals surface area contributed by atoms with Gasteiger partial charge >= 0.3 is 0 Å². The third kappa shape index (κ3) is 5.27. The highest BCUT2D eigenvalue weighted by Gasteiger charge is 2.28. The second-order valence-electron chi connectivity index (χ2n) is 3.98. The van der Waals surface area contributed by atoms with Crippen molar-refractivity contribution in [2.45, 2.75) is 5.92 Å². The van der Waals surface area contributed by atoms with Gasteiger partial charge < -0.3 is 15.7 Å². The minimum Gasteiger partial charge on any atom is -0.390 e. The Morgan fingerprint density at radius 3 is 2.55 bits per heavy atom.